The van der Waals surface area contributed by atoms with E-state index in [1.54, 1.807) is 30.5 Å². The van der Waals surface area contributed by atoms with Crippen LogP contribution in [0.1, 0.15) is 30.1 Å². The fourth-order valence-corrected chi connectivity index (χ4v) is 7.26. The van der Waals surface area contributed by atoms with Gasteiger partial charge in [0.05, 0.1) is 27.8 Å². The minimum atomic E-state index is -3.64. The summed E-state index contributed by atoms with van der Waals surface area (Å²) in [7, 11) is -2.07. The molecule has 2 aliphatic heterocycles. The second kappa shape index (κ2) is 12.8. The largest absolute Gasteiger partial charge is 0.494 e. The van der Waals surface area contributed by atoms with Crippen molar-refractivity contribution < 1.29 is 22.7 Å². The Labute approximate surface area is 239 Å². The van der Waals surface area contributed by atoms with Crippen LogP contribution >= 0.6 is 11.3 Å². The van der Waals surface area contributed by atoms with E-state index in [1.165, 1.54) is 16.4 Å². The molecule has 12 heteroatoms. The molecule has 10 nitrogen and oxygen atoms in total. The molecule has 0 bridgehead atoms. The molecule has 2 fully saturated rings. The van der Waals surface area contributed by atoms with Crippen LogP contribution in [0.25, 0.3) is 10.2 Å². The smallest absolute Gasteiger partial charge is 0.251 e. The summed E-state index contributed by atoms with van der Waals surface area (Å²) in [6.45, 7) is 8.44. The van der Waals surface area contributed by atoms with Gasteiger partial charge >= 0.3 is 0 Å². The number of piperazine rings is 1. The van der Waals surface area contributed by atoms with E-state index in [0.717, 1.165) is 66.7 Å². The number of ether oxygens (including phenoxy) is 2. The van der Waals surface area contributed by atoms with Crippen molar-refractivity contribution in [3.05, 3.63) is 48.0 Å². The standard InChI is InChI=1S/C28H37N5O5S2/c1-3-37-22-8-11-25-26(19-22)39-28(30-25)33-16-14-32(15-17-33)13-12-29-27(34)21-6-9-24(10-7-21)40(35,36)31(2)20-23-5-4-18-38-23/h6-11,19,23H,3-5,12-18,20H2,1-2H3,(H,29,34). The second-order valence-corrected chi connectivity index (χ2v) is 13.1. The third-order valence-corrected chi connectivity index (χ3v) is 10.2. The SMILES string of the molecule is CCOc1ccc2nc(N3CCN(CCNC(=O)c4ccc(S(=O)(=O)N(C)CC5CCCO5)cc4)CC3)sc2c1. The monoisotopic (exact) mass is 587 g/mol. The lowest BCUT2D eigenvalue weighted by Crippen LogP contribution is -2.48. The van der Waals surface area contributed by atoms with Crippen LogP contribution in [0.3, 0.4) is 0 Å². The van der Waals surface area contributed by atoms with Crippen molar-refractivity contribution in [3.63, 3.8) is 0 Å². The van der Waals surface area contributed by atoms with E-state index in [0.29, 0.717) is 31.9 Å². The Balaban J connectivity index is 1.06. The van der Waals surface area contributed by atoms with Gasteiger partial charge in [-0.15, -0.1) is 0 Å². The third kappa shape index (κ3) is 6.74. The summed E-state index contributed by atoms with van der Waals surface area (Å²) in [5, 5.41) is 3.99. The second-order valence-electron chi connectivity index (χ2n) is 10.1. The molecule has 5 rings (SSSR count). The summed E-state index contributed by atoms with van der Waals surface area (Å²) in [5.74, 6) is 0.659. The van der Waals surface area contributed by atoms with Gasteiger partial charge in [-0.05, 0) is 62.2 Å². The zero-order valence-corrected chi connectivity index (χ0v) is 24.7. The zero-order valence-electron chi connectivity index (χ0n) is 23.0. The summed E-state index contributed by atoms with van der Waals surface area (Å²) in [6, 6.07) is 12.1. The number of rotatable bonds is 11. The number of fused-ring (bicyclic) bond motifs is 1. The van der Waals surface area contributed by atoms with Gasteiger partial charge < -0.3 is 19.7 Å². The average Bonchev–Trinajstić information content (AvgIpc) is 3.63. The zero-order chi connectivity index (χ0) is 28.1. The number of nitrogens with one attached hydrogen (secondary N) is 1. The number of carbonyl (C=O) groups excluding carboxylic acids is 1. The summed E-state index contributed by atoms with van der Waals surface area (Å²) in [4.78, 5) is 22.3. The van der Waals surface area contributed by atoms with Crippen LogP contribution in [0.15, 0.2) is 47.4 Å². The minimum absolute atomic E-state index is 0.0605. The number of amides is 1. The maximum atomic E-state index is 12.9. The Morgan fingerprint density at radius 3 is 2.65 bits per heavy atom. The van der Waals surface area contributed by atoms with Crippen LogP contribution in [0, 0.1) is 0 Å². The van der Waals surface area contributed by atoms with Crippen LogP contribution < -0.4 is 15.0 Å². The van der Waals surface area contributed by atoms with Crippen molar-refractivity contribution in [1.29, 1.82) is 0 Å². The minimum Gasteiger partial charge on any atom is -0.494 e. The topological polar surface area (TPSA) is 104 Å². The van der Waals surface area contributed by atoms with E-state index in [4.69, 9.17) is 14.5 Å². The highest BCUT2D eigenvalue weighted by Crippen LogP contribution is 2.32. The van der Waals surface area contributed by atoms with Gasteiger partial charge in [-0.3, -0.25) is 9.69 Å². The summed E-state index contributed by atoms with van der Waals surface area (Å²) >= 11 is 1.69. The fraction of sp³-hybridized carbons (Fsp3) is 0.500. The molecule has 1 N–H and O–H groups in total. The molecule has 40 heavy (non-hydrogen) atoms. The Morgan fingerprint density at radius 2 is 1.95 bits per heavy atom. The van der Waals surface area contributed by atoms with Crippen molar-refractivity contribution >= 4 is 42.6 Å². The Morgan fingerprint density at radius 1 is 1.18 bits per heavy atom. The van der Waals surface area contributed by atoms with Crippen molar-refractivity contribution in [1.82, 2.24) is 19.5 Å². The van der Waals surface area contributed by atoms with Crippen LogP contribution in [-0.4, -0.2) is 101 Å². The molecule has 3 aromatic rings. The van der Waals surface area contributed by atoms with Gasteiger partial charge in [-0.25, -0.2) is 13.4 Å². The van der Waals surface area contributed by atoms with Crippen LogP contribution in [-0.2, 0) is 14.8 Å². The van der Waals surface area contributed by atoms with Crippen LogP contribution in [0.5, 0.6) is 5.75 Å². The molecule has 2 saturated heterocycles. The van der Waals surface area contributed by atoms with Gasteiger partial charge in [0.25, 0.3) is 5.91 Å². The highest BCUT2D eigenvalue weighted by molar-refractivity contribution is 7.89. The molecule has 1 atom stereocenters. The van der Waals surface area contributed by atoms with Crippen molar-refractivity contribution in [2.75, 3.05) is 71.0 Å². The molecule has 0 radical (unpaired) electrons. The fourth-order valence-electron chi connectivity index (χ4n) is 5.01. The number of hydrogen-bond acceptors (Lipinski definition) is 9. The van der Waals surface area contributed by atoms with E-state index in [1.807, 2.05) is 19.1 Å². The molecular weight excluding hydrogens is 550 g/mol. The van der Waals surface area contributed by atoms with Gasteiger partial charge in [0.15, 0.2) is 5.13 Å². The lowest BCUT2D eigenvalue weighted by molar-refractivity contribution is 0.0947. The number of nitrogens with zero attached hydrogens (tertiary/aromatic N) is 4. The Kier molecular flexibility index (Phi) is 9.21. The van der Waals surface area contributed by atoms with Gasteiger partial charge in [0.2, 0.25) is 10.0 Å². The molecule has 216 valence electrons. The maximum Gasteiger partial charge on any atom is 0.251 e. The van der Waals surface area contributed by atoms with Gasteiger partial charge in [0, 0.05) is 65.0 Å². The number of aromatic nitrogens is 1. The van der Waals surface area contributed by atoms with Crippen LogP contribution in [0.2, 0.25) is 0 Å². The summed E-state index contributed by atoms with van der Waals surface area (Å²) < 4.78 is 39.4. The van der Waals surface area contributed by atoms with E-state index in [2.05, 4.69) is 21.2 Å². The first kappa shape index (κ1) is 28.7. The van der Waals surface area contributed by atoms with E-state index < -0.39 is 10.0 Å². The molecule has 1 unspecified atom stereocenters. The molecule has 1 aromatic heterocycles. The molecule has 3 heterocycles. The number of hydrogen-bond donors (Lipinski definition) is 1. The lowest BCUT2D eigenvalue weighted by Gasteiger charge is -2.34. The first-order chi connectivity index (χ1) is 19.3. The number of sulfonamides is 1. The first-order valence-corrected chi connectivity index (χ1v) is 16.1. The first-order valence-electron chi connectivity index (χ1n) is 13.8. The molecule has 2 aromatic carbocycles. The Hall–Kier alpha value is -2.77. The number of thiazole rings is 1. The maximum absolute atomic E-state index is 12.9. The molecule has 0 spiro atoms. The molecular formula is C28H37N5O5S2. The Bertz CT molecular complexity index is 1400. The average molecular weight is 588 g/mol. The van der Waals surface area contributed by atoms with E-state index in [-0.39, 0.29) is 16.9 Å². The number of likely N-dealkylation sites (N-methyl/N-ethyl adjacent to an activating group) is 1. The summed E-state index contributed by atoms with van der Waals surface area (Å²) in [5.41, 5.74) is 1.43. The number of carbonyl (C=O) groups is 1. The highest BCUT2D eigenvalue weighted by Gasteiger charge is 2.26. The third-order valence-electron chi connectivity index (χ3n) is 7.33. The van der Waals surface area contributed by atoms with Crippen LogP contribution in [0.4, 0.5) is 5.13 Å². The lowest BCUT2D eigenvalue weighted by atomic mass is 10.2. The highest BCUT2D eigenvalue weighted by atomic mass is 32.2. The van der Waals surface area contributed by atoms with Gasteiger partial charge in [0.1, 0.15) is 5.75 Å². The predicted molar refractivity (Wildman–Crippen MR) is 157 cm³/mol. The molecule has 2 aliphatic rings. The molecule has 0 aliphatic carbocycles. The quantitative estimate of drug-likeness (QED) is 0.365. The normalized spacial score (nSPS) is 18.5. The van der Waals surface area contributed by atoms with E-state index >= 15 is 0 Å². The summed E-state index contributed by atoms with van der Waals surface area (Å²) in [6.07, 6.45) is 1.77. The van der Waals surface area contributed by atoms with Crippen molar-refractivity contribution in [2.45, 2.75) is 30.8 Å². The number of benzene rings is 2. The van der Waals surface area contributed by atoms with Crippen molar-refractivity contribution in [2.24, 2.45) is 0 Å². The van der Waals surface area contributed by atoms with Gasteiger partial charge in [-0.2, -0.15) is 4.31 Å². The van der Waals surface area contributed by atoms with E-state index in [9.17, 15) is 13.2 Å². The van der Waals surface area contributed by atoms with Crippen molar-refractivity contribution in [3.8, 4) is 5.75 Å². The number of anilines is 1. The predicted octanol–water partition coefficient (Wildman–Crippen LogP) is 3.05. The van der Waals surface area contributed by atoms with Gasteiger partial charge in [-0.1, -0.05) is 11.3 Å². The molecule has 0 saturated carbocycles. The molecule has 1 amide bonds.